The average Bonchev–Trinajstić information content (AvgIpc) is 3.24. The Morgan fingerprint density at radius 3 is 2.76 bits per heavy atom. The van der Waals surface area contributed by atoms with Crippen molar-refractivity contribution < 1.29 is 13.9 Å². The second-order valence-electron chi connectivity index (χ2n) is 7.84. The van der Waals surface area contributed by atoms with E-state index in [1.807, 2.05) is 44.2 Å². The highest BCUT2D eigenvalue weighted by molar-refractivity contribution is 6.31. The monoisotopic (exact) mass is 463 g/mol. The topological polar surface area (TPSA) is 56.1 Å². The lowest BCUT2D eigenvalue weighted by atomic mass is 10.1. The number of carbonyl (C=O) groups is 1. The van der Waals surface area contributed by atoms with Gasteiger partial charge in [-0.2, -0.15) is 5.10 Å². The Labute approximate surface area is 196 Å². The Bertz CT molecular complexity index is 1280. The van der Waals surface area contributed by atoms with Crippen LogP contribution in [0.15, 0.2) is 73.1 Å². The number of ether oxygens (including phenoxy) is 1. The summed E-state index contributed by atoms with van der Waals surface area (Å²) in [5.74, 6) is 0.155. The molecule has 168 valence electrons. The molecule has 7 heteroatoms. The fourth-order valence-corrected chi connectivity index (χ4v) is 3.61. The van der Waals surface area contributed by atoms with Crippen LogP contribution in [0.3, 0.4) is 0 Å². The Hall–Kier alpha value is -3.64. The van der Waals surface area contributed by atoms with Gasteiger partial charge in [0.1, 0.15) is 18.2 Å². The molecule has 1 N–H and O–H groups in total. The van der Waals surface area contributed by atoms with Gasteiger partial charge in [-0.25, -0.2) is 4.39 Å². The molecular weight excluding hydrogens is 441 g/mol. The Morgan fingerprint density at radius 2 is 1.94 bits per heavy atom. The third kappa shape index (κ3) is 5.59. The van der Waals surface area contributed by atoms with Crippen molar-refractivity contribution in [3.63, 3.8) is 0 Å². The van der Waals surface area contributed by atoms with E-state index in [-0.39, 0.29) is 12.5 Å². The minimum Gasteiger partial charge on any atom is -0.489 e. The normalized spacial score (nSPS) is 10.8. The molecule has 1 heterocycles. The zero-order chi connectivity index (χ0) is 23.4. The molecule has 0 unspecified atom stereocenters. The molecule has 1 amide bonds. The first-order valence-electron chi connectivity index (χ1n) is 10.4. The summed E-state index contributed by atoms with van der Waals surface area (Å²) < 4.78 is 21.5. The molecule has 33 heavy (non-hydrogen) atoms. The van der Waals surface area contributed by atoms with Crippen molar-refractivity contribution in [3.05, 3.63) is 112 Å². The van der Waals surface area contributed by atoms with Crippen LogP contribution in [0, 0.1) is 19.7 Å². The van der Waals surface area contributed by atoms with E-state index in [2.05, 4.69) is 10.4 Å². The van der Waals surface area contributed by atoms with Crippen LogP contribution >= 0.6 is 11.6 Å². The molecule has 0 aliphatic carbocycles. The van der Waals surface area contributed by atoms with Crippen LogP contribution in [0.25, 0.3) is 0 Å². The van der Waals surface area contributed by atoms with Crippen LogP contribution in [0.5, 0.6) is 5.75 Å². The van der Waals surface area contributed by atoms with Crippen LogP contribution in [0.1, 0.15) is 32.6 Å². The summed E-state index contributed by atoms with van der Waals surface area (Å²) in [6.45, 7) is 4.53. The minimum absolute atomic E-state index is 0.159. The van der Waals surface area contributed by atoms with Crippen molar-refractivity contribution >= 4 is 23.2 Å². The number of benzene rings is 3. The van der Waals surface area contributed by atoms with Crippen LogP contribution in [-0.2, 0) is 13.2 Å². The molecule has 0 fully saturated rings. The Kier molecular flexibility index (Phi) is 6.75. The molecule has 0 saturated carbocycles. The summed E-state index contributed by atoms with van der Waals surface area (Å²) in [7, 11) is 0. The zero-order valence-electron chi connectivity index (χ0n) is 18.3. The highest BCUT2D eigenvalue weighted by atomic mass is 35.5. The van der Waals surface area contributed by atoms with E-state index in [9.17, 15) is 9.18 Å². The molecular formula is C26H23ClFN3O2. The highest BCUT2D eigenvalue weighted by Gasteiger charge is 2.12. The summed E-state index contributed by atoms with van der Waals surface area (Å²) in [5, 5.41) is 7.34. The van der Waals surface area contributed by atoms with Crippen LogP contribution < -0.4 is 10.1 Å². The van der Waals surface area contributed by atoms with Crippen molar-refractivity contribution in [3.8, 4) is 5.75 Å². The van der Waals surface area contributed by atoms with Crippen molar-refractivity contribution in [2.45, 2.75) is 27.0 Å². The first-order chi connectivity index (χ1) is 15.9. The maximum atomic E-state index is 14.0. The molecule has 4 rings (SSSR count). The van der Waals surface area contributed by atoms with Gasteiger partial charge in [-0.15, -0.1) is 0 Å². The van der Waals surface area contributed by atoms with Gasteiger partial charge in [-0.3, -0.25) is 9.48 Å². The zero-order valence-corrected chi connectivity index (χ0v) is 19.1. The first kappa shape index (κ1) is 22.6. The van der Waals surface area contributed by atoms with Crippen LogP contribution in [0.4, 0.5) is 10.1 Å². The first-order valence-corrected chi connectivity index (χ1v) is 10.8. The van der Waals surface area contributed by atoms with E-state index in [0.29, 0.717) is 28.4 Å². The van der Waals surface area contributed by atoms with Crippen molar-refractivity contribution in [1.29, 1.82) is 0 Å². The number of aryl methyl sites for hydroxylation is 2. The van der Waals surface area contributed by atoms with Gasteiger partial charge in [-0.05, 0) is 60.9 Å². The molecule has 3 aromatic carbocycles. The number of carbonyl (C=O) groups excluding carboxylic acids is 1. The molecule has 1 aromatic heterocycles. The lowest BCUT2D eigenvalue weighted by molar-refractivity contribution is 0.102. The lowest BCUT2D eigenvalue weighted by Crippen LogP contribution is -2.12. The van der Waals surface area contributed by atoms with Gasteiger partial charge in [0.25, 0.3) is 5.91 Å². The third-order valence-electron chi connectivity index (χ3n) is 5.20. The predicted molar refractivity (Wildman–Crippen MR) is 127 cm³/mol. The fraction of sp³-hybridized carbons (Fsp3) is 0.154. The molecule has 0 spiro atoms. The number of amides is 1. The van der Waals surface area contributed by atoms with Gasteiger partial charge in [0.2, 0.25) is 0 Å². The quantitative estimate of drug-likeness (QED) is 0.356. The fourth-order valence-electron chi connectivity index (χ4n) is 3.39. The van der Waals surface area contributed by atoms with E-state index in [1.54, 1.807) is 30.5 Å². The van der Waals surface area contributed by atoms with E-state index in [4.69, 9.17) is 16.3 Å². The summed E-state index contributed by atoms with van der Waals surface area (Å²) in [6, 6.07) is 17.9. The SMILES string of the molecule is Cc1ccc(C)c(OCc2cccc(C(=O)Nc3cnn(Cc4c(F)cccc4Cl)c3)c2)c1. The number of hydrogen-bond acceptors (Lipinski definition) is 3. The number of rotatable bonds is 7. The Balaban J connectivity index is 1.40. The predicted octanol–water partition coefficient (Wildman–Crippen LogP) is 6.17. The van der Waals surface area contributed by atoms with E-state index in [1.165, 1.54) is 16.9 Å². The molecule has 0 aliphatic rings. The largest absolute Gasteiger partial charge is 0.489 e. The number of nitrogens with one attached hydrogen (secondary N) is 1. The van der Waals surface area contributed by atoms with Crippen molar-refractivity contribution in [2.24, 2.45) is 0 Å². The molecule has 0 saturated heterocycles. The number of nitrogens with zero attached hydrogens (tertiary/aromatic N) is 2. The molecule has 0 bridgehead atoms. The maximum absolute atomic E-state index is 14.0. The van der Waals surface area contributed by atoms with Gasteiger partial charge in [-0.1, -0.05) is 41.9 Å². The summed E-state index contributed by atoms with van der Waals surface area (Å²) in [4.78, 5) is 12.7. The number of aromatic nitrogens is 2. The molecule has 0 radical (unpaired) electrons. The van der Waals surface area contributed by atoms with Gasteiger partial charge in [0, 0.05) is 22.3 Å². The molecule has 5 nitrogen and oxygen atoms in total. The van der Waals surface area contributed by atoms with Gasteiger partial charge >= 0.3 is 0 Å². The molecule has 0 aliphatic heterocycles. The van der Waals surface area contributed by atoms with Crippen molar-refractivity contribution in [1.82, 2.24) is 9.78 Å². The molecule has 0 atom stereocenters. The van der Waals surface area contributed by atoms with Gasteiger partial charge in [0.05, 0.1) is 18.4 Å². The third-order valence-corrected chi connectivity index (χ3v) is 5.55. The van der Waals surface area contributed by atoms with Crippen molar-refractivity contribution in [2.75, 3.05) is 5.32 Å². The lowest BCUT2D eigenvalue weighted by Gasteiger charge is -2.11. The second kappa shape index (κ2) is 9.88. The number of anilines is 1. The Morgan fingerprint density at radius 1 is 1.12 bits per heavy atom. The van der Waals surface area contributed by atoms with E-state index >= 15 is 0 Å². The standard InChI is InChI=1S/C26H23ClFN3O2/c1-17-9-10-18(2)25(11-17)33-16-19-5-3-6-20(12-19)26(32)30-21-13-29-31(14-21)15-22-23(27)7-4-8-24(22)28/h3-14H,15-16H2,1-2H3,(H,30,32). The number of hydrogen-bond donors (Lipinski definition) is 1. The van der Waals surface area contributed by atoms with Gasteiger partial charge in [0.15, 0.2) is 0 Å². The van der Waals surface area contributed by atoms with Gasteiger partial charge < -0.3 is 10.1 Å². The van der Waals surface area contributed by atoms with E-state index < -0.39 is 5.82 Å². The number of halogens is 2. The summed E-state index contributed by atoms with van der Waals surface area (Å²) >= 11 is 6.09. The summed E-state index contributed by atoms with van der Waals surface area (Å²) in [6.07, 6.45) is 3.15. The van der Waals surface area contributed by atoms with E-state index in [0.717, 1.165) is 22.4 Å². The average molecular weight is 464 g/mol. The van der Waals surface area contributed by atoms with Crippen LogP contribution in [-0.4, -0.2) is 15.7 Å². The molecule has 4 aromatic rings. The second-order valence-corrected chi connectivity index (χ2v) is 8.25. The summed E-state index contributed by atoms with van der Waals surface area (Å²) in [5.41, 5.74) is 4.42. The smallest absolute Gasteiger partial charge is 0.255 e. The highest BCUT2D eigenvalue weighted by Crippen LogP contribution is 2.22. The maximum Gasteiger partial charge on any atom is 0.255 e. The van der Waals surface area contributed by atoms with Crippen LogP contribution in [0.2, 0.25) is 5.02 Å². The minimum atomic E-state index is -0.400.